The van der Waals surface area contributed by atoms with Gasteiger partial charge in [-0.15, -0.1) is 11.3 Å². The standard InChI is InChI=1S/C46H27NS/c1-2-10-29-25-30(20-19-28(29)9-1)47(32-22-24-36-35-12-5-6-18-43(35)48-44(36)27-32)31-21-23-34-39-15-8-16-40-41-17-7-14-38(46(41)42(34)26-31)33-11-3-4-13-37(33)45(39)40/h1-27H. The van der Waals surface area contributed by atoms with E-state index in [4.69, 9.17) is 0 Å². The summed E-state index contributed by atoms with van der Waals surface area (Å²) in [5, 5.41) is 5.11. The van der Waals surface area contributed by atoms with Gasteiger partial charge in [-0.25, -0.2) is 0 Å². The highest BCUT2D eigenvalue weighted by Gasteiger charge is 2.31. The molecule has 0 fully saturated rings. The molecule has 1 nitrogen and oxygen atoms in total. The largest absolute Gasteiger partial charge is 0.310 e. The van der Waals surface area contributed by atoms with Gasteiger partial charge in [-0.3, -0.25) is 0 Å². The van der Waals surface area contributed by atoms with Gasteiger partial charge >= 0.3 is 0 Å². The molecule has 11 rings (SSSR count). The van der Waals surface area contributed by atoms with E-state index in [0.717, 1.165) is 17.1 Å². The Morgan fingerprint density at radius 3 is 1.69 bits per heavy atom. The number of fused-ring (bicyclic) bond motifs is 8. The molecule has 0 atom stereocenters. The monoisotopic (exact) mass is 625 g/mol. The molecule has 2 heteroatoms. The normalized spacial score (nSPS) is 12.2. The topological polar surface area (TPSA) is 3.24 Å². The van der Waals surface area contributed by atoms with Crippen LogP contribution in [0.25, 0.3) is 86.6 Å². The van der Waals surface area contributed by atoms with Crippen LogP contribution in [0.2, 0.25) is 0 Å². The van der Waals surface area contributed by atoms with Crippen molar-refractivity contribution in [2.24, 2.45) is 0 Å². The summed E-state index contributed by atoms with van der Waals surface area (Å²) >= 11 is 1.87. The fourth-order valence-corrected chi connectivity index (χ4v) is 9.39. The summed E-state index contributed by atoms with van der Waals surface area (Å²) in [5.74, 6) is 0. The van der Waals surface area contributed by atoms with Crippen LogP contribution in [0.15, 0.2) is 164 Å². The predicted molar refractivity (Wildman–Crippen MR) is 206 cm³/mol. The zero-order valence-electron chi connectivity index (χ0n) is 25.9. The van der Waals surface area contributed by atoms with Crippen molar-refractivity contribution in [1.29, 1.82) is 0 Å². The molecule has 0 amide bonds. The Balaban J connectivity index is 1.19. The van der Waals surface area contributed by atoms with Gasteiger partial charge in [-0.2, -0.15) is 0 Å². The summed E-state index contributed by atoms with van der Waals surface area (Å²) in [5.41, 5.74) is 16.5. The van der Waals surface area contributed by atoms with Crippen molar-refractivity contribution in [3.63, 3.8) is 0 Å². The minimum atomic E-state index is 1.15. The van der Waals surface area contributed by atoms with Crippen LogP contribution in [0, 0.1) is 0 Å². The van der Waals surface area contributed by atoms with Gasteiger partial charge in [0.2, 0.25) is 0 Å². The molecule has 0 unspecified atom stereocenters. The number of rotatable bonds is 3. The number of thiophene rings is 1. The van der Waals surface area contributed by atoms with Crippen molar-refractivity contribution in [3.8, 4) is 55.6 Å². The molecule has 6 bridgehead atoms. The third-order valence-corrected chi connectivity index (χ3v) is 11.5. The van der Waals surface area contributed by atoms with E-state index >= 15 is 0 Å². The Bertz CT molecular complexity index is 2780. The maximum atomic E-state index is 2.44. The van der Waals surface area contributed by atoms with Crippen LogP contribution in [-0.4, -0.2) is 0 Å². The molecule has 222 valence electrons. The molecule has 0 aliphatic heterocycles. The van der Waals surface area contributed by atoms with Crippen LogP contribution < -0.4 is 4.90 Å². The number of nitrogens with zero attached hydrogens (tertiary/aromatic N) is 1. The molecule has 1 heterocycles. The van der Waals surface area contributed by atoms with Gasteiger partial charge in [-0.1, -0.05) is 121 Å². The van der Waals surface area contributed by atoms with Crippen LogP contribution >= 0.6 is 11.3 Å². The zero-order chi connectivity index (χ0) is 31.3. The molecule has 8 aromatic carbocycles. The van der Waals surface area contributed by atoms with E-state index in [1.165, 1.54) is 86.6 Å². The predicted octanol–water partition coefficient (Wildman–Crippen LogP) is 13.6. The lowest BCUT2D eigenvalue weighted by Gasteiger charge is -2.28. The first-order valence-corrected chi connectivity index (χ1v) is 17.3. The lowest BCUT2D eigenvalue weighted by atomic mass is 9.83. The Morgan fingerprint density at radius 1 is 0.312 bits per heavy atom. The maximum absolute atomic E-state index is 2.44. The smallest absolute Gasteiger partial charge is 0.0476 e. The summed E-state index contributed by atoms with van der Waals surface area (Å²) < 4.78 is 2.62. The second kappa shape index (κ2) is 9.78. The molecule has 2 aliphatic carbocycles. The van der Waals surface area contributed by atoms with Crippen LogP contribution in [0.4, 0.5) is 17.1 Å². The summed E-state index contributed by atoms with van der Waals surface area (Å²) in [7, 11) is 0. The summed E-state index contributed by atoms with van der Waals surface area (Å²) in [6, 6.07) is 60.9. The Labute approximate surface area is 282 Å². The molecule has 0 saturated carbocycles. The van der Waals surface area contributed by atoms with E-state index in [0.29, 0.717) is 0 Å². The van der Waals surface area contributed by atoms with Gasteiger partial charge < -0.3 is 4.90 Å². The van der Waals surface area contributed by atoms with Crippen LogP contribution in [0.5, 0.6) is 0 Å². The molecule has 2 aliphatic rings. The highest BCUT2D eigenvalue weighted by Crippen LogP contribution is 2.57. The fraction of sp³-hybridized carbons (Fsp3) is 0. The zero-order valence-corrected chi connectivity index (χ0v) is 26.8. The van der Waals surface area contributed by atoms with E-state index in [-0.39, 0.29) is 0 Å². The van der Waals surface area contributed by atoms with Crippen molar-refractivity contribution >= 4 is 59.3 Å². The van der Waals surface area contributed by atoms with Gasteiger partial charge in [-0.05, 0) is 109 Å². The molecular weight excluding hydrogens is 599 g/mol. The molecule has 48 heavy (non-hydrogen) atoms. The van der Waals surface area contributed by atoms with Gasteiger partial charge in [0.25, 0.3) is 0 Å². The summed E-state index contributed by atoms with van der Waals surface area (Å²) in [4.78, 5) is 2.44. The van der Waals surface area contributed by atoms with E-state index in [1.807, 2.05) is 11.3 Å². The first-order chi connectivity index (χ1) is 23.8. The van der Waals surface area contributed by atoms with Crippen molar-refractivity contribution < 1.29 is 0 Å². The number of hydrogen-bond donors (Lipinski definition) is 0. The van der Waals surface area contributed by atoms with Gasteiger partial charge in [0.1, 0.15) is 0 Å². The molecule has 1 aromatic heterocycles. The highest BCUT2D eigenvalue weighted by molar-refractivity contribution is 7.25. The third kappa shape index (κ3) is 3.61. The van der Waals surface area contributed by atoms with Crippen molar-refractivity contribution in [1.82, 2.24) is 0 Å². The van der Waals surface area contributed by atoms with Crippen LogP contribution in [-0.2, 0) is 0 Å². The lowest BCUT2D eigenvalue weighted by molar-refractivity contribution is 1.30. The minimum Gasteiger partial charge on any atom is -0.310 e. The van der Waals surface area contributed by atoms with E-state index in [2.05, 4.69) is 169 Å². The maximum Gasteiger partial charge on any atom is 0.0476 e. The van der Waals surface area contributed by atoms with Gasteiger partial charge in [0.15, 0.2) is 0 Å². The Morgan fingerprint density at radius 2 is 0.854 bits per heavy atom. The molecular formula is C46H27NS. The Hall–Kier alpha value is -5.96. The average Bonchev–Trinajstić information content (AvgIpc) is 3.47. The van der Waals surface area contributed by atoms with E-state index in [1.54, 1.807) is 0 Å². The van der Waals surface area contributed by atoms with Crippen molar-refractivity contribution in [2.45, 2.75) is 0 Å². The SMILES string of the molecule is c1ccc2c(c1)-c1cccc3c1-c1cc(N(c4ccc5ccccc5c4)c4ccc5c(c4)sc4ccccc45)ccc1-c1cccc-3c1-2. The average molecular weight is 626 g/mol. The fourth-order valence-electron chi connectivity index (χ4n) is 8.25. The van der Waals surface area contributed by atoms with Crippen molar-refractivity contribution in [3.05, 3.63) is 164 Å². The molecule has 0 N–H and O–H groups in total. The number of benzene rings is 8. The Kier molecular flexibility index (Phi) is 5.32. The lowest BCUT2D eigenvalue weighted by Crippen LogP contribution is -2.10. The quantitative estimate of drug-likeness (QED) is 0.189. The van der Waals surface area contributed by atoms with Crippen molar-refractivity contribution in [2.75, 3.05) is 4.90 Å². The third-order valence-electron chi connectivity index (χ3n) is 10.3. The second-order valence-corrected chi connectivity index (χ2v) is 14.0. The minimum absolute atomic E-state index is 1.15. The summed E-state index contributed by atoms with van der Waals surface area (Å²) in [6.45, 7) is 0. The van der Waals surface area contributed by atoms with Gasteiger partial charge in [0.05, 0.1) is 0 Å². The van der Waals surface area contributed by atoms with E-state index in [9.17, 15) is 0 Å². The van der Waals surface area contributed by atoms with Crippen LogP contribution in [0.1, 0.15) is 0 Å². The highest BCUT2D eigenvalue weighted by atomic mass is 32.1. The number of anilines is 3. The first-order valence-electron chi connectivity index (χ1n) is 16.5. The molecule has 0 spiro atoms. The van der Waals surface area contributed by atoms with Gasteiger partial charge in [0, 0.05) is 37.2 Å². The number of hydrogen-bond acceptors (Lipinski definition) is 2. The molecule has 9 aromatic rings. The second-order valence-electron chi connectivity index (χ2n) is 12.9. The molecule has 0 saturated heterocycles. The van der Waals surface area contributed by atoms with Crippen LogP contribution in [0.3, 0.4) is 0 Å². The summed E-state index contributed by atoms with van der Waals surface area (Å²) in [6.07, 6.45) is 0. The van der Waals surface area contributed by atoms with E-state index < -0.39 is 0 Å². The first kappa shape index (κ1) is 26.1. The molecule has 0 radical (unpaired) electrons.